The highest BCUT2D eigenvalue weighted by Crippen LogP contribution is 2.31. The lowest BCUT2D eigenvalue weighted by Crippen LogP contribution is -2.49. The molecule has 1 aromatic rings. The fraction of sp³-hybridized carbons (Fsp3) is 0.579. The van der Waals surface area contributed by atoms with Crippen molar-refractivity contribution in [2.24, 2.45) is 5.92 Å². The van der Waals surface area contributed by atoms with Crippen molar-refractivity contribution in [3.63, 3.8) is 0 Å². The van der Waals surface area contributed by atoms with Gasteiger partial charge in [-0.3, -0.25) is 0 Å². The fourth-order valence-electron chi connectivity index (χ4n) is 3.73. The Labute approximate surface area is 158 Å². The monoisotopic (exact) mass is 377 g/mol. The van der Waals surface area contributed by atoms with Crippen LogP contribution in [0.15, 0.2) is 28.8 Å². The molecule has 1 aromatic heterocycles. The summed E-state index contributed by atoms with van der Waals surface area (Å²) in [6, 6.07) is 3.49. The van der Waals surface area contributed by atoms with E-state index in [2.05, 4.69) is 22.9 Å². The van der Waals surface area contributed by atoms with Crippen LogP contribution in [0, 0.1) is 5.92 Å². The summed E-state index contributed by atoms with van der Waals surface area (Å²) < 4.78 is 5.28. The minimum absolute atomic E-state index is 0.287. The van der Waals surface area contributed by atoms with Gasteiger partial charge in [-0.05, 0) is 37.1 Å². The predicted molar refractivity (Wildman–Crippen MR) is 102 cm³/mol. The molecule has 1 saturated carbocycles. The zero-order chi connectivity index (χ0) is 18.5. The van der Waals surface area contributed by atoms with Crippen LogP contribution in [0.25, 0.3) is 0 Å². The van der Waals surface area contributed by atoms with Crippen molar-refractivity contribution in [2.75, 3.05) is 13.2 Å². The lowest BCUT2D eigenvalue weighted by atomic mass is 9.86. The molecule has 7 heteroatoms. The summed E-state index contributed by atoms with van der Waals surface area (Å²) in [5.74, 6) is 0.216. The van der Waals surface area contributed by atoms with E-state index in [1.165, 1.54) is 30.6 Å². The number of thiophene rings is 1. The highest BCUT2D eigenvalue weighted by Gasteiger charge is 2.34. The number of urea groups is 1. The minimum atomic E-state index is -0.469. The normalized spacial score (nSPS) is 26.2. The lowest BCUT2D eigenvalue weighted by Gasteiger charge is -2.32. The van der Waals surface area contributed by atoms with Gasteiger partial charge in [-0.1, -0.05) is 25.8 Å². The first-order valence-electron chi connectivity index (χ1n) is 9.34. The van der Waals surface area contributed by atoms with Crippen molar-refractivity contribution in [2.45, 2.75) is 51.6 Å². The molecule has 1 aliphatic heterocycles. The molecular weight excluding hydrogens is 350 g/mol. The van der Waals surface area contributed by atoms with Gasteiger partial charge in [-0.15, -0.1) is 11.3 Å². The summed E-state index contributed by atoms with van der Waals surface area (Å²) in [4.78, 5) is 25.8. The van der Waals surface area contributed by atoms with Gasteiger partial charge in [-0.2, -0.15) is 0 Å². The largest absolute Gasteiger partial charge is 0.463 e. The summed E-state index contributed by atoms with van der Waals surface area (Å²) in [6.07, 6.45) is 4.84. The Morgan fingerprint density at radius 1 is 1.38 bits per heavy atom. The molecule has 142 valence electrons. The zero-order valence-electron chi connectivity index (χ0n) is 15.3. The van der Waals surface area contributed by atoms with Gasteiger partial charge >= 0.3 is 12.0 Å². The van der Waals surface area contributed by atoms with Crippen molar-refractivity contribution in [1.29, 1.82) is 0 Å². The van der Waals surface area contributed by atoms with Crippen molar-refractivity contribution in [3.8, 4) is 0 Å². The summed E-state index contributed by atoms with van der Waals surface area (Å²) in [6.45, 7) is 4.80. The Hall–Kier alpha value is -1.86. The third kappa shape index (κ3) is 4.27. The Morgan fingerprint density at radius 2 is 2.19 bits per heavy atom. The molecule has 2 aliphatic rings. The molecule has 0 aromatic carbocycles. The van der Waals surface area contributed by atoms with E-state index in [1.54, 1.807) is 6.92 Å². The third-order valence-electron chi connectivity index (χ3n) is 5.13. The molecule has 0 saturated heterocycles. The Kier molecular flexibility index (Phi) is 6.32. The molecule has 3 rings (SSSR count). The number of amides is 2. The van der Waals surface area contributed by atoms with Gasteiger partial charge in [0.05, 0.1) is 18.2 Å². The molecule has 0 spiro atoms. The predicted octanol–water partition coefficient (Wildman–Crippen LogP) is 3.09. The number of carbonyl (C=O) groups is 2. The van der Waals surface area contributed by atoms with Gasteiger partial charge in [-0.25, -0.2) is 9.59 Å². The molecule has 3 N–H and O–H groups in total. The maximum atomic E-state index is 12.6. The Bertz CT molecular complexity index is 672. The van der Waals surface area contributed by atoms with E-state index in [0.717, 1.165) is 11.3 Å². The van der Waals surface area contributed by atoms with E-state index in [4.69, 9.17) is 4.74 Å². The van der Waals surface area contributed by atoms with Crippen LogP contribution in [0.2, 0.25) is 0 Å². The summed E-state index contributed by atoms with van der Waals surface area (Å²) >= 11 is 1.51. The van der Waals surface area contributed by atoms with E-state index in [9.17, 15) is 9.59 Å². The van der Waals surface area contributed by atoms with Crippen molar-refractivity contribution in [3.05, 3.63) is 33.7 Å². The van der Waals surface area contributed by atoms with Crippen LogP contribution in [0.3, 0.4) is 0 Å². The van der Waals surface area contributed by atoms with Crippen LogP contribution in [0.1, 0.15) is 50.4 Å². The van der Waals surface area contributed by atoms with Gasteiger partial charge in [0.25, 0.3) is 0 Å². The van der Waals surface area contributed by atoms with Crippen LogP contribution in [0.5, 0.6) is 0 Å². The molecule has 0 radical (unpaired) electrons. The maximum absolute atomic E-state index is 12.6. The van der Waals surface area contributed by atoms with Crippen molar-refractivity contribution in [1.82, 2.24) is 16.0 Å². The van der Waals surface area contributed by atoms with Crippen LogP contribution >= 0.6 is 11.3 Å². The lowest BCUT2D eigenvalue weighted by molar-refractivity contribution is -0.139. The summed E-state index contributed by atoms with van der Waals surface area (Å²) in [5, 5.41) is 11.2. The Morgan fingerprint density at radius 3 is 2.88 bits per heavy atom. The van der Waals surface area contributed by atoms with E-state index < -0.39 is 6.04 Å². The van der Waals surface area contributed by atoms with Crippen molar-refractivity contribution < 1.29 is 14.3 Å². The first-order chi connectivity index (χ1) is 12.6. The fourth-order valence-corrected chi connectivity index (χ4v) is 4.51. The highest BCUT2D eigenvalue weighted by atomic mass is 32.1. The van der Waals surface area contributed by atoms with Gasteiger partial charge in [0.2, 0.25) is 0 Å². The van der Waals surface area contributed by atoms with Crippen LogP contribution in [0.4, 0.5) is 4.79 Å². The van der Waals surface area contributed by atoms with Crippen LogP contribution in [-0.2, 0) is 9.53 Å². The molecule has 2 amide bonds. The molecule has 0 unspecified atom stereocenters. The van der Waals surface area contributed by atoms with Crippen LogP contribution < -0.4 is 16.0 Å². The number of hydrogen-bond acceptors (Lipinski definition) is 5. The standard InChI is InChI=1S/C19H27N3O3S/c1-3-25-18(23)16-14(11-20-13-8-5-4-7-12(13)2)21-19(24)22-17(16)15-9-6-10-26-15/h6,9-10,12-13,17,20H,3-5,7-8,11H2,1-2H3,(H2,21,22,24)/t12-,13-,17-/m1/s1. The van der Waals surface area contributed by atoms with E-state index in [0.29, 0.717) is 36.4 Å². The van der Waals surface area contributed by atoms with E-state index >= 15 is 0 Å². The topological polar surface area (TPSA) is 79.5 Å². The quantitative estimate of drug-likeness (QED) is 0.666. The number of ether oxygens (including phenoxy) is 1. The second kappa shape index (κ2) is 8.68. The first kappa shape index (κ1) is 18.9. The SMILES string of the molecule is CCOC(=O)C1=C(CN[C@@H]2CCCC[C@H]2C)NC(=O)N[C@@H]1c1cccs1. The molecule has 0 bridgehead atoms. The van der Waals surface area contributed by atoms with E-state index in [1.807, 2.05) is 17.5 Å². The summed E-state index contributed by atoms with van der Waals surface area (Å²) in [7, 11) is 0. The average Bonchev–Trinajstić information content (AvgIpc) is 3.15. The third-order valence-corrected chi connectivity index (χ3v) is 6.07. The average molecular weight is 378 g/mol. The smallest absolute Gasteiger partial charge is 0.338 e. The molecule has 3 atom stereocenters. The van der Waals surface area contributed by atoms with Gasteiger partial charge in [0.15, 0.2) is 0 Å². The number of carbonyl (C=O) groups excluding carboxylic acids is 2. The van der Waals surface area contributed by atoms with Crippen molar-refractivity contribution >= 4 is 23.3 Å². The molecule has 2 heterocycles. The second-order valence-electron chi connectivity index (χ2n) is 6.91. The van der Waals surface area contributed by atoms with Gasteiger partial charge < -0.3 is 20.7 Å². The molecule has 26 heavy (non-hydrogen) atoms. The zero-order valence-corrected chi connectivity index (χ0v) is 16.2. The number of hydrogen-bond donors (Lipinski definition) is 3. The highest BCUT2D eigenvalue weighted by molar-refractivity contribution is 7.10. The molecule has 6 nitrogen and oxygen atoms in total. The first-order valence-corrected chi connectivity index (χ1v) is 10.2. The second-order valence-corrected chi connectivity index (χ2v) is 7.89. The minimum Gasteiger partial charge on any atom is -0.463 e. The Balaban J connectivity index is 1.85. The molecule has 1 fully saturated rings. The molecular formula is C19H27N3O3S. The van der Waals surface area contributed by atoms with Crippen LogP contribution in [-0.4, -0.2) is 31.2 Å². The summed E-state index contributed by atoms with van der Waals surface area (Å²) in [5.41, 5.74) is 1.10. The number of esters is 1. The van der Waals surface area contributed by atoms with E-state index in [-0.39, 0.29) is 12.0 Å². The number of rotatable bonds is 6. The number of nitrogens with one attached hydrogen (secondary N) is 3. The van der Waals surface area contributed by atoms with Gasteiger partial charge in [0, 0.05) is 23.2 Å². The molecule has 1 aliphatic carbocycles. The maximum Gasteiger partial charge on any atom is 0.338 e. The van der Waals surface area contributed by atoms with Gasteiger partial charge in [0.1, 0.15) is 0 Å².